The SMILES string of the molecule is Nc1c(F)c(F)c(C(=O)Nc2ccc(SSc3ccc(NC(=O)c4c(F)c(F)c(N)c(F)c4F)cc3)cc2)c(F)c1F. The van der Waals surface area contributed by atoms with Crippen LogP contribution in [0.2, 0.25) is 0 Å². The van der Waals surface area contributed by atoms with Crippen LogP contribution in [0.3, 0.4) is 0 Å². The van der Waals surface area contributed by atoms with E-state index in [2.05, 4.69) is 10.6 Å². The van der Waals surface area contributed by atoms with Gasteiger partial charge in [0.15, 0.2) is 46.5 Å². The Morgan fingerprint density at radius 2 is 0.738 bits per heavy atom. The van der Waals surface area contributed by atoms with Gasteiger partial charge in [-0.1, -0.05) is 21.6 Å². The predicted molar refractivity (Wildman–Crippen MR) is 142 cm³/mol. The van der Waals surface area contributed by atoms with Gasteiger partial charge in [-0.2, -0.15) is 0 Å². The molecule has 2 amide bonds. The summed E-state index contributed by atoms with van der Waals surface area (Å²) in [4.78, 5) is 25.8. The van der Waals surface area contributed by atoms with E-state index < -0.39 is 80.9 Å². The summed E-state index contributed by atoms with van der Waals surface area (Å²) in [5.41, 5.74) is 4.23. The van der Waals surface area contributed by atoms with Crippen LogP contribution in [-0.2, 0) is 0 Å². The summed E-state index contributed by atoms with van der Waals surface area (Å²) in [7, 11) is 2.44. The topological polar surface area (TPSA) is 110 Å². The molecule has 0 bridgehead atoms. The first kappa shape index (κ1) is 30.5. The van der Waals surface area contributed by atoms with Crippen LogP contribution in [0.4, 0.5) is 57.9 Å². The number of halogens is 8. The number of rotatable bonds is 7. The van der Waals surface area contributed by atoms with Crippen molar-refractivity contribution >= 4 is 56.2 Å². The van der Waals surface area contributed by atoms with Gasteiger partial charge in [0, 0.05) is 21.2 Å². The number of carbonyl (C=O) groups is 2. The molecule has 0 aliphatic rings. The molecule has 0 spiro atoms. The molecule has 4 aromatic carbocycles. The van der Waals surface area contributed by atoms with Gasteiger partial charge in [-0.05, 0) is 48.5 Å². The molecule has 0 atom stereocenters. The molecule has 0 saturated heterocycles. The molecule has 0 heterocycles. The molecule has 0 saturated carbocycles. The number of nitrogen functional groups attached to an aromatic ring is 2. The average Bonchev–Trinajstić information content (AvgIpc) is 2.97. The lowest BCUT2D eigenvalue weighted by molar-refractivity contribution is 0.100. The maximum absolute atomic E-state index is 14.0. The van der Waals surface area contributed by atoms with Gasteiger partial charge in [0.05, 0.1) is 0 Å². The summed E-state index contributed by atoms with van der Waals surface area (Å²) in [6.07, 6.45) is 0. The van der Waals surface area contributed by atoms with Crippen molar-refractivity contribution in [3.63, 3.8) is 0 Å². The van der Waals surface area contributed by atoms with Crippen molar-refractivity contribution in [1.29, 1.82) is 0 Å². The van der Waals surface area contributed by atoms with Crippen molar-refractivity contribution in [3.05, 3.63) is 106 Å². The fourth-order valence-corrected chi connectivity index (χ4v) is 5.30. The van der Waals surface area contributed by atoms with Crippen molar-refractivity contribution in [2.75, 3.05) is 22.1 Å². The van der Waals surface area contributed by atoms with E-state index in [4.69, 9.17) is 11.5 Å². The number of anilines is 4. The van der Waals surface area contributed by atoms with E-state index in [0.717, 1.165) is 0 Å². The Morgan fingerprint density at radius 3 is 1.00 bits per heavy atom. The Kier molecular flexibility index (Phi) is 8.86. The van der Waals surface area contributed by atoms with Gasteiger partial charge in [-0.3, -0.25) is 9.59 Å². The Bertz CT molecular complexity index is 1540. The standard InChI is InChI=1S/C26H14F8N4O2S2/c27-15-13(16(28)20(32)23(35)19(15)31)25(39)37-9-1-5-11(6-2-9)41-42-12-7-3-10(4-8-12)38-26(40)14-17(29)21(33)24(36)22(34)18(14)30/h1-8H,35-36H2,(H,37,39)(H,38,40). The normalized spacial score (nSPS) is 11.0. The van der Waals surface area contributed by atoms with E-state index in [0.29, 0.717) is 9.79 Å². The van der Waals surface area contributed by atoms with Crippen LogP contribution in [-0.4, -0.2) is 11.8 Å². The Hall–Kier alpha value is -4.44. The first-order valence-corrected chi connectivity index (χ1v) is 13.4. The van der Waals surface area contributed by atoms with Crippen LogP contribution in [0.5, 0.6) is 0 Å². The number of nitrogens with one attached hydrogen (secondary N) is 2. The molecule has 0 radical (unpaired) electrons. The van der Waals surface area contributed by atoms with Crippen LogP contribution in [0.25, 0.3) is 0 Å². The third-order valence-corrected chi connectivity index (χ3v) is 7.92. The van der Waals surface area contributed by atoms with Gasteiger partial charge in [-0.25, -0.2) is 35.1 Å². The van der Waals surface area contributed by atoms with E-state index in [1.165, 1.54) is 70.1 Å². The summed E-state index contributed by atoms with van der Waals surface area (Å²) in [6.45, 7) is 0. The summed E-state index contributed by atoms with van der Waals surface area (Å²) < 4.78 is 111. The van der Waals surface area contributed by atoms with Crippen molar-refractivity contribution in [2.24, 2.45) is 0 Å². The highest BCUT2D eigenvalue weighted by Gasteiger charge is 2.29. The molecule has 0 unspecified atom stereocenters. The molecule has 16 heteroatoms. The molecule has 6 N–H and O–H groups in total. The van der Waals surface area contributed by atoms with Crippen LogP contribution >= 0.6 is 21.6 Å². The second-order valence-corrected chi connectivity index (χ2v) is 10.5. The van der Waals surface area contributed by atoms with Crippen molar-refractivity contribution in [1.82, 2.24) is 0 Å². The monoisotopic (exact) mass is 630 g/mol. The first-order chi connectivity index (χ1) is 19.8. The van der Waals surface area contributed by atoms with Crippen molar-refractivity contribution in [3.8, 4) is 0 Å². The minimum atomic E-state index is -1.94. The van der Waals surface area contributed by atoms with Gasteiger partial charge in [0.1, 0.15) is 22.5 Å². The van der Waals surface area contributed by atoms with E-state index in [1.807, 2.05) is 0 Å². The van der Waals surface area contributed by atoms with Crippen molar-refractivity contribution < 1.29 is 44.7 Å². The molecule has 4 aromatic rings. The minimum absolute atomic E-state index is 0.0552. The number of nitrogens with two attached hydrogens (primary N) is 2. The summed E-state index contributed by atoms with van der Waals surface area (Å²) in [6, 6.07) is 11.5. The Labute approximate surface area is 238 Å². The third kappa shape index (κ3) is 5.94. The van der Waals surface area contributed by atoms with Crippen LogP contribution in [0, 0.1) is 46.5 Å². The summed E-state index contributed by atoms with van der Waals surface area (Å²) >= 11 is 0. The number of amides is 2. The molecule has 0 aromatic heterocycles. The lowest BCUT2D eigenvalue weighted by Gasteiger charge is -2.11. The average molecular weight is 631 g/mol. The quantitative estimate of drug-likeness (QED) is 0.0741. The molecule has 218 valence electrons. The maximum atomic E-state index is 14.0. The smallest absolute Gasteiger partial charge is 0.261 e. The molecule has 6 nitrogen and oxygen atoms in total. The Morgan fingerprint density at radius 1 is 0.476 bits per heavy atom. The number of hydrogen-bond donors (Lipinski definition) is 4. The van der Waals surface area contributed by atoms with Crippen LogP contribution in [0.15, 0.2) is 58.3 Å². The minimum Gasteiger partial charge on any atom is -0.394 e. The molecule has 0 aliphatic carbocycles. The fraction of sp³-hybridized carbons (Fsp3) is 0. The lowest BCUT2D eigenvalue weighted by atomic mass is 10.1. The maximum Gasteiger partial charge on any atom is 0.261 e. The van der Waals surface area contributed by atoms with E-state index in [1.54, 1.807) is 0 Å². The van der Waals surface area contributed by atoms with Crippen molar-refractivity contribution in [2.45, 2.75) is 9.79 Å². The van der Waals surface area contributed by atoms with E-state index in [-0.39, 0.29) is 11.4 Å². The number of carbonyl (C=O) groups excluding carboxylic acids is 2. The van der Waals surface area contributed by atoms with Crippen LogP contribution in [0.1, 0.15) is 20.7 Å². The van der Waals surface area contributed by atoms with E-state index in [9.17, 15) is 44.7 Å². The zero-order valence-electron chi connectivity index (χ0n) is 20.4. The Balaban J connectivity index is 1.37. The zero-order chi connectivity index (χ0) is 30.9. The number of hydrogen-bond acceptors (Lipinski definition) is 6. The highest BCUT2D eigenvalue weighted by atomic mass is 33.1. The van der Waals surface area contributed by atoms with Gasteiger partial charge in [0.25, 0.3) is 11.8 Å². The van der Waals surface area contributed by atoms with Gasteiger partial charge < -0.3 is 22.1 Å². The van der Waals surface area contributed by atoms with Gasteiger partial charge >= 0.3 is 0 Å². The highest BCUT2D eigenvalue weighted by molar-refractivity contribution is 8.76. The predicted octanol–water partition coefficient (Wildman–Crippen LogP) is 7.27. The van der Waals surface area contributed by atoms with Gasteiger partial charge in [0.2, 0.25) is 0 Å². The summed E-state index contributed by atoms with van der Waals surface area (Å²) in [5, 5.41) is 4.25. The molecule has 0 aliphatic heterocycles. The molecule has 42 heavy (non-hydrogen) atoms. The molecule has 4 rings (SSSR count). The highest BCUT2D eigenvalue weighted by Crippen LogP contribution is 2.38. The largest absolute Gasteiger partial charge is 0.394 e. The zero-order valence-corrected chi connectivity index (χ0v) is 22.1. The lowest BCUT2D eigenvalue weighted by Crippen LogP contribution is -2.19. The second kappa shape index (κ2) is 12.2. The second-order valence-electron chi connectivity index (χ2n) is 8.21. The molecular weight excluding hydrogens is 616 g/mol. The molecule has 0 fully saturated rings. The summed E-state index contributed by atoms with van der Waals surface area (Å²) in [5.74, 6) is -18.2. The van der Waals surface area contributed by atoms with Gasteiger partial charge in [-0.15, -0.1) is 0 Å². The third-order valence-electron chi connectivity index (χ3n) is 5.51. The fourth-order valence-electron chi connectivity index (χ4n) is 3.37. The van der Waals surface area contributed by atoms with Crippen LogP contribution < -0.4 is 22.1 Å². The first-order valence-electron chi connectivity index (χ1n) is 11.2. The van der Waals surface area contributed by atoms with E-state index >= 15 is 0 Å². The molecular formula is C26H14F8N4O2S2. The number of benzene rings is 4.